The summed E-state index contributed by atoms with van der Waals surface area (Å²) in [6, 6.07) is 0. The van der Waals surface area contributed by atoms with Crippen LogP contribution in [0, 0.1) is 0 Å². The van der Waals surface area contributed by atoms with Crippen LogP contribution in [0.25, 0.3) is 0 Å². The lowest BCUT2D eigenvalue weighted by molar-refractivity contribution is -0.187. The van der Waals surface area contributed by atoms with Gasteiger partial charge in [-0.2, -0.15) is 0 Å². The van der Waals surface area contributed by atoms with Crippen LogP contribution in [-0.2, 0) is 14.3 Å². The summed E-state index contributed by atoms with van der Waals surface area (Å²) in [4.78, 5) is 11.4. The van der Waals surface area contributed by atoms with E-state index in [1.165, 1.54) is 11.1 Å². The first kappa shape index (κ1) is 15.7. The lowest BCUT2D eigenvalue weighted by Crippen LogP contribution is -2.29. The molecular formula is C16H24O3. The highest BCUT2D eigenvalue weighted by Gasteiger charge is 2.37. The summed E-state index contributed by atoms with van der Waals surface area (Å²) >= 11 is 0. The van der Waals surface area contributed by atoms with E-state index < -0.39 is 5.79 Å². The number of carbonyl (C=O) groups is 1. The van der Waals surface area contributed by atoms with Crippen molar-refractivity contribution in [1.29, 1.82) is 0 Å². The summed E-state index contributed by atoms with van der Waals surface area (Å²) < 4.78 is 10.6. The first-order chi connectivity index (χ1) is 8.88. The van der Waals surface area contributed by atoms with E-state index in [1.54, 1.807) is 20.1 Å². The molecule has 19 heavy (non-hydrogen) atoms. The molecule has 0 saturated heterocycles. The monoisotopic (exact) mass is 264 g/mol. The van der Waals surface area contributed by atoms with Crippen LogP contribution in [0.1, 0.15) is 47.0 Å². The third-order valence-electron chi connectivity index (χ3n) is 3.20. The van der Waals surface area contributed by atoms with Crippen molar-refractivity contribution < 1.29 is 14.3 Å². The number of hydrogen-bond acceptors (Lipinski definition) is 3. The predicted molar refractivity (Wildman–Crippen MR) is 76.6 cm³/mol. The van der Waals surface area contributed by atoms with Crippen molar-refractivity contribution in [2.24, 2.45) is 0 Å². The number of ether oxygens (including phenoxy) is 2. The fraction of sp³-hybridized carbons (Fsp3) is 0.562. The molecule has 106 valence electrons. The topological polar surface area (TPSA) is 35.5 Å². The van der Waals surface area contributed by atoms with Gasteiger partial charge in [-0.3, -0.25) is 0 Å². The van der Waals surface area contributed by atoms with Crippen LogP contribution in [0.2, 0.25) is 0 Å². The van der Waals surface area contributed by atoms with Gasteiger partial charge < -0.3 is 9.47 Å². The Morgan fingerprint density at radius 3 is 2.53 bits per heavy atom. The number of methoxy groups -OCH3 is 1. The fourth-order valence-electron chi connectivity index (χ4n) is 1.95. The summed E-state index contributed by atoms with van der Waals surface area (Å²) in [5, 5.41) is 0. The van der Waals surface area contributed by atoms with E-state index >= 15 is 0 Å². The van der Waals surface area contributed by atoms with Crippen molar-refractivity contribution in [2.45, 2.75) is 52.7 Å². The summed E-state index contributed by atoms with van der Waals surface area (Å²) in [5.41, 5.74) is 3.23. The maximum absolute atomic E-state index is 11.4. The zero-order chi connectivity index (χ0) is 14.5. The van der Waals surface area contributed by atoms with Gasteiger partial charge in [0.05, 0.1) is 0 Å². The van der Waals surface area contributed by atoms with Gasteiger partial charge in [-0.1, -0.05) is 23.3 Å². The fourth-order valence-corrected chi connectivity index (χ4v) is 1.95. The van der Waals surface area contributed by atoms with Crippen LogP contribution in [0.5, 0.6) is 0 Å². The predicted octanol–water partition coefficient (Wildman–Crippen LogP) is 3.92. The minimum atomic E-state index is -0.904. The lowest BCUT2D eigenvalue weighted by atomic mass is 10.1. The normalized spacial score (nSPS) is 23.1. The van der Waals surface area contributed by atoms with Gasteiger partial charge in [0.2, 0.25) is 5.79 Å². The van der Waals surface area contributed by atoms with E-state index in [2.05, 4.69) is 32.9 Å². The molecule has 1 rings (SSSR count). The molecule has 0 bridgehead atoms. The van der Waals surface area contributed by atoms with Crippen LogP contribution in [0.4, 0.5) is 0 Å². The average Bonchev–Trinajstić information content (AvgIpc) is 2.63. The van der Waals surface area contributed by atoms with Gasteiger partial charge in [0.25, 0.3) is 0 Å². The second kappa shape index (κ2) is 6.71. The highest BCUT2D eigenvalue weighted by molar-refractivity contribution is 5.90. The lowest BCUT2D eigenvalue weighted by Gasteiger charge is -2.23. The van der Waals surface area contributed by atoms with Crippen LogP contribution in [-0.4, -0.2) is 18.9 Å². The Bertz CT molecular complexity index is 425. The molecule has 0 aliphatic carbocycles. The van der Waals surface area contributed by atoms with Crippen molar-refractivity contribution in [3.8, 4) is 0 Å². The van der Waals surface area contributed by atoms with Crippen molar-refractivity contribution in [1.82, 2.24) is 0 Å². The maximum Gasteiger partial charge on any atom is 0.336 e. The molecule has 1 aliphatic heterocycles. The number of allylic oxidation sites excluding steroid dienone is 3. The molecule has 1 aliphatic rings. The maximum atomic E-state index is 11.4. The Morgan fingerprint density at radius 2 is 2.05 bits per heavy atom. The summed E-state index contributed by atoms with van der Waals surface area (Å²) in [7, 11) is 1.56. The van der Waals surface area contributed by atoms with Crippen LogP contribution >= 0.6 is 0 Å². The summed E-state index contributed by atoms with van der Waals surface area (Å²) in [5.74, 6) is -1.20. The standard InChI is InChI=1S/C16H24O3/c1-12(2)7-6-8-13(3)9-10-16(18-5)11-14(4)15(17)19-16/h7,9,11H,6,8,10H2,1-5H3/b13-9+. The SMILES string of the molecule is COC1(C/C=C(\C)CCC=C(C)C)C=C(C)C(=O)O1. The molecule has 1 atom stereocenters. The first-order valence-corrected chi connectivity index (χ1v) is 6.65. The van der Waals surface area contributed by atoms with Crippen LogP contribution < -0.4 is 0 Å². The van der Waals surface area contributed by atoms with Gasteiger partial charge >= 0.3 is 5.97 Å². The Kier molecular flexibility index (Phi) is 5.55. The zero-order valence-corrected chi connectivity index (χ0v) is 12.6. The minimum absolute atomic E-state index is 0.294. The van der Waals surface area contributed by atoms with E-state index in [0.717, 1.165) is 12.8 Å². The van der Waals surface area contributed by atoms with E-state index in [-0.39, 0.29) is 5.97 Å². The smallest absolute Gasteiger partial charge is 0.336 e. The van der Waals surface area contributed by atoms with E-state index in [4.69, 9.17) is 9.47 Å². The third-order valence-corrected chi connectivity index (χ3v) is 3.20. The average molecular weight is 264 g/mol. The molecule has 0 fully saturated rings. The summed E-state index contributed by atoms with van der Waals surface area (Å²) in [6.45, 7) is 8.04. The molecule has 0 aromatic rings. The molecule has 0 radical (unpaired) electrons. The van der Waals surface area contributed by atoms with Gasteiger partial charge in [0, 0.05) is 19.1 Å². The molecule has 0 saturated carbocycles. The number of cyclic esters (lactones) is 1. The molecule has 3 heteroatoms. The second-order valence-electron chi connectivity index (χ2n) is 5.31. The molecular weight excluding hydrogens is 240 g/mol. The van der Waals surface area contributed by atoms with Gasteiger partial charge in [0.15, 0.2) is 0 Å². The minimum Gasteiger partial charge on any atom is -0.426 e. The quantitative estimate of drug-likeness (QED) is 0.539. The van der Waals surface area contributed by atoms with Gasteiger partial charge in [0.1, 0.15) is 0 Å². The van der Waals surface area contributed by atoms with Crippen molar-refractivity contribution in [3.63, 3.8) is 0 Å². The molecule has 0 aromatic carbocycles. The van der Waals surface area contributed by atoms with Crippen LogP contribution in [0.15, 0.2) is 34.9 Å². The van der Waals surface area contributed by atoms with E-state index in [9.17, 15) is 4.79 Å². The highest BCUT2D eigenvalue weighted by Crippen LogP contribution is 2.29. The van der Waals surface area contributed by atoms with Gasteiger partial charge in [-0.05, 0) is 46.6 Å². The third kappa shape index (κ3) is 4.67. The molecule has 0 spiro atoms. The molecule has 1 unspecified atom stereocenters. The largest absolute Gasteiger partial charge is 0.426 e. The van der Waals surface area contributed by atoms with Crippen molar-refractivity contribution in [2.75, 3.05) is 7.11 Å². The molecule has 0 amide bonds. The molecule has 1 heterocycles. The second-order valence-corrected chi connectivity index (χ2v) is 5.31. The van der Waals surface area contributed by atoms with Crippen LogP contribution in [0.3, 0.4) is 0 Å². The Morgan fingerprint density at radius 1 is 1.37 bits per heavy atom. The van der Waals surface area contributed by atoms with Gasteiger partial charge in [-0.25, -0.2) is 4.79 Å². The van der Waals surface area contributed by atoms with E-state index in [1.807, 2.05) is 0 Å². The van der Waals surface area contributed by atoms with Crippen molar-refractivity contribution in [3.05, 3.63) is 34.9 Å². The zero-order valence-electron chi connectivity index (χ0n) is 12.6. The molecule has 0 aromatic heterocycles. The number of rotatable bonds is 6. The number of hydrogen-bond donors (Lipinski definition) is 0. The molecule has 3 nitrogen and oxygen atoms in total. The molecule has 0 N–H and O–H groups in total. The number of carbonyl (C=O) groups excluding carboxylic acids is 1. The number of esters is 1. The first-order valence-electron chi connectivity index (χ1n) is 6.65. The summed E-state index contributed by atoms with van der Waals surface area (Å²) in [6.07, 6.45) is 8.69. The van der Waals surface area contributed by atoms with Crippen molar-refractivity contribution >= 4 is 5.97 Å². The Balaban J connectivity index is 2.58. The van der Waals surface area contributed by atoms with Gasteiger partial charge in [-0.15, -0.1) is 0 Å². The van der Waals surface area contributed by atoms with E-state index in [0.29, 0.717) is 12.0 Å². The Hall–Kier alpha value is -1.35. The Labute approximate surface area is 116 Å². The highest BCUT2D eigenvalue weighted by atomic mass is 16.7.